The van der Waals surface area contributed by atoms with Gasteiger partial charge in [-0.05, 0) is 17.7 Å². The van der Waals surface area contributed by atoms with Gasteiger partial charge in [-0.1, -0.05) is 53.8 Å². The van der Waals surface area contributed by atoms with Crippen LogP contribution < -0.4 is 10.1 Å². The molecule has 0 saturated carbocycles. The first-order valence-electron chi connectivity index (χ1n) is 7.42. The van der Waals surface area contributed by atoms with Gasteiger partial charge < -0.3 is 10.1 Å². The summed E-state index contributed by atoms with van der Waals surface area (Å²) in [5.74, 6) is -0.677. The van der Waals surface area contributed by atoms with Crippen LogP contribution in [0.1, 0.15) is 5.56 Å². The van der Waals surface area contributed by atoms with Gasteiger partial charge in [-0.2, -0.15) is 0 Å². The Morgan fingerprint density at radius 1 is 1.04 bits per heavy atom. The zero-order valence-electron chi connectivity index (χ0n) is 13.2. The third-order valence-corrected chi connectivity index (χ3v) is 4.10. The molecule has 0 spiro atoms. The summed E-state index contributed by atoms with van der Waals surface area (Å²) in [7, 11) is 0. The largest absolute Gasteiger partial charge is 0.573 e. The second kappa shape index (κ2) is 7.52. The second-order valence-electron chi connectivity index (χ2n) is 5.20. The molecule has 0 aliphatic heterocycles. The molecule has 1 aromatic heterocycles. The lowest BCUT2D eigenvalue weighted by Gasteiger charge is -2.09. The van der Waals surface area contributed by atoms with Crippen LogP contribution in [-0.4, -0.2) is 22.5 Å². The van der Waals surface area contributed by atoms with E-state index in [1.165, 1.54) is 23.5 Å². The van der Waals surface area contributed by atoms with Gasteiger partial charge in [0.2, 0.25) is 11.0 Å². The van der Waals surface area contributed by atoms with Crippen molar-refractivity contribution in [2.45, 2.75) is 12.8 Å². The average Bonchev–Trinajstić information content (AvgIpc) is 3.04. The standard InChI is InChI=1S/C17H12F3N3O2S/c18-17(19,20)25-13-8-6-11(7-9-13)10-14(24)21-16-23-22-15(26-16)12-4-2-1-3-5-12/h1-9H,10H2,(H,21,23,24). The molecular weight excluding hydrogens is 367 g/mol. The zero-order chi connectivity index (χ0) is 18.6. The molecular formula is C17H12F3N3O2S. The van der Waals surface area contributed by atoms with Gasteiger partial charge in [-0.3, -0.25) is 4.79 Å². The number of anilines is 1. The first kappa shape index (κ1) is 17.9. The molecule has 3 rings (SSSR count). The Morgan fingerprint density at radius 3 is 2.38 bits per heavy atom. The molecule has 9 heteroatoms. The van der Waals surface area contributed by atoms with E-state index in [2.05, 4.69) is 20.3 Å². The maximum Gasteiger partial charge on any atom is 0.573 e. The highest BCUT2D eigenvalue weighted by molar-refractivity contribution is 7.18. The maximum absolute atomic E-state index is 12.1. The van der Waals surface area contributed by atoms with Crippen molar-refractivity contribution in [3.8, 4) is 16.3 Å². The molecule has 0 saturated heterocycles. The Balaban J connectivity index is 1.58. The highest BCUT2D eigenvalue weighted by Gasteiger charge is 2.30. The fraction of sp³-hybridized carbons (Fsp3) is 0.118. The summed E-state index contributed by atoms with van der Waals surface area (Å²) in [5, 5.41) is 11.6. The highest BCUT2D eigenvalue weighted by Crippen LogP contribution is 2.26. The van der Waals surface area contributed by atoms with Crippen LogP contribution >= 0.6 is 11.3 Å². The predicted molar refractivity (Wildman–Crippen MR) is 90.8 cm³/mol. The topological polar surface area (TPSA) is 64.1 Å². The van der Waals surface area contributed by atoms with Crippen LogP contribution in [0, 0.1) is 0 Å². The lowest BCUT2D eigenvalue weighted by Crippen LogP contribution is -2.17. The number of rotatable bonds is 5. The van der Waals surface area contributed by atoms with E-state index in [1.807, 2.05) is 30.3 Å². The number of halogens is 3. The lowest BCUT2D eigenvalue weighted by atomic mass is 10.1. The normalized spacial score (nSPS) is 11.2. The van der Waals surface area contributed by atoms with Crippen LogP contribution in [0.2, 0.25) is 0 Å². The molecule has 2 aromatic carbocycles. The Morgan fingerprint density at radius 2 is 1.73 bits per heavy atom. The van der Waals surface area contributed by atoms with Crippen LogP contribution in [0.15, 0.2) is 54.6 Å². The van der Waals surface area contributed by atoms with Crippen LogP contribution in [0.3, 0.4) is 0 Å². The maximum atomic E-state index is 12.1. The zero-order valence-corrected chi connectivity index (χ0v) is 14.0. The van der Waals surface area contributed by atoms with Gasteiger partial charge in [0, 0.05) is 5.56 Å². The van der Waals surface area contributed by atoms with E-state index < -0.39 is 6.36 Å². The minimum Gasteiger partial charge on any atom is -0.406 e. The molecule has 0 aliphatic carbocycles. The highest BCUT2D eigenvalue weighted by atomic mass is 32.1. The SMILES string of the molecule is O=C(Cc1ccc(OC(F)(F)F)cc1)Nc1nnc(-c2ccccc2)s1. The molecule has 3 aromatic rings. The summed E-state index contributed by atoms with van der Waals surface area (Å²) in [5.41, 5.74) is 1.44. The van der Waals surface area contributed by atoms with E-state index in [4.69, 9.17) is 0 Å². The van der Waals surface area contributed by atoms with E-state index in [0.29, 0.717) is 15.7 Å². The molecule has 0 fully saturated rings. The van der Waals surface area contributed by atoms with Gasteiger partial charge in [0.15, 0.2) is 0 Å². The van der Waals surface area contributed by atoms with E-state index in [0.717, 1.165) is 17.7 Å². The molecule has 0 bridgehead atoms. The number of hydrogen-bond donors (Lipinski definition) is 1. The number of hydrogen-bond acceptors (Lipinski definition) is 5. The molecule has 0 radical (unpaired) electrons. The van der Waals surface area contributed by atoms with Crippen LogP contribution in [-0.2, 0) is 11.2 Å². The Bertz CT molecular complexity index is 880. The predicted octanol–water partition coefficient (Wildman–Crippen LogP) is 4.28. The van der Waals surface area contributed by atoms with E-state index >= 15 is 0 Å². The first-order chi connectivity index (χ1) is 12.4. The summed E-state index contributed by atoms with van der Waals surface area (Å²) in [6.45, 7) is 0. The number of amides is 1. The summed E-state index contributed by atoms with van der Waals surface area (Å²) >= 11 is 1.23. The summed E-state index contributed by atoms with van der Waals surface area (Å²) < 4.78 is 40.1. The van der Waals surface area contributed by atoms with Gasteiger partial charge >= 0.3 is 6.36 Å². The van der Waals surface area contributed by atoms with Crippen LogP contribution in [0.25, 0.3) is 10.6 Å². The van der Waals surface area contributed by atoms with Crippen LogP contribution in [0.5, 0.6) is 5.75 Å². The number of benzene rings is 2. The molecule has 1 amide bonds. The molecule has 26 heavy (non-hydrogen) atoms. The van der Waals surface area contributed by atoms with Crippen molar-refractivity contribution in [3.63, 3.8) is 0 Å². The fourth-order valence-electron chi connectivity index (χ4n) is 2.13. The molecule has 0 atom stereocenters. The van der Waals surface area contributed by atoms with E-state index in [9.17, 15) is 18.0 Å². The van der Waals surface area contributed by atoms with Gasteiger partial charge in [0.1, 0.15) is 10.8 Å². The number of carbonyl (C=O) groups excluding carboxylic acids is 1. The molecule has 134 valence electrons. The lowest BCUT2D eigenvalue weighted by molar-refractivity contribution is -0.274. The van der Waals surface area contributed by atoms with Crippen molar-refractivity contribution in [3.05, 3.63) is 60.2 Å². The number of aromatic nitrogens is 2. The van der Waals surface area contributed by atoms with Crippen molar-refractivity contribution in [1.29, 1.82) is 0 Å². The van der Waals surface area contributed by atoms with Crippen LogP contribution in [0.4, 0.5) is 18.3 Å². The fourth-order valence-corrected chi connectivity index (χ4v) is 2.89. The van der Waals surface area contributed by atoms with Crippen molar-refractivity contribution in [2.75, 3.05) is 5.32 Å². The Hall–Kier alpha value is -2.94. The number of carbonyl (C=O) groups is 1. The van der Waals surface area contributed by atoms with Gasteiger partial charge in [0.25, 0.3) is 0 Å². The minimum absolute atomic E-state index is 0.00739. The number of nitrogens with zero attached hydrogens (tertiary/aromatic N) is 2. The molecule has 1 heterocycles. The second-order valence-corrected chi connectivity index (χ2v) is 6.17. The molecule has 1 N–H and O–H groups in total. The Kier molecular flexibility index (Phi) is 5.17. The van der Waals surface area contributed by atoms with Gasteiger partial charge in [-0.25, -0.2) is 0 Å². The minimum atomic E-state index is -4.74. The molecule has 5 nitrogen and oxygen atoms in total. The number of alkyl halides is 3. The smallest absolute Gasteiger partial charge is 0.406 e. The number of ether oxygens (including phenoxy) is 1. The summed E-state index contributed by atoms with van der Waals surface area (Å²) in [4.78, 5) is 12.1. The van der Waals surface area contributed by atoms with Crippen molar-refractivity contribution in [2.24, 2.45) is 0 Å². The third-order valence-electron chi connectivity index (χ3n) is 3.21. The monoisotopic (exact) mass is 379 g/mol. The van der Waals surface area contributed by atoms with Gasteiger partial charge in [-0.15, -0.1) is 23.4 Å². The number of nitrogens with one attached hydrogen (secondary N) is 1. The van der Waals surface area contributed by atoms with Gasteiger partial charge in [0.05, 0.1) is 6.42 Å². The Labute approximate surface area is 150 Å². The third kappa shape index (κ3) is 5.03. The molecule has 0 aliphatic rings. The average molecular weight is 379 g/mol. The quantitative estimate of drug-likeness (QED) is 0.719. The van der Waals surface area contributed by atoms with Crippen molar-refractivity contribution < 1.29 is 22.7 Å². The summed E-state index contributed by atoms with van der Waals surface area (Å²) in [6.07, 6.45) is -4.75. The van der Waals surface area contributed by atoms with Crippen molar-refractivity contribution in [1.82, 2.24) is 10.2 Å². The van der Waals surface area contributed by atoms with Crippen molar-refractivity contribution >= 4 is 22.4 Å². The molecule has 0 unspecified atom stereocenters. The van der Waals surface area contributed by atoms with E-state index in [-0.39, 0.29) is 18.1 Å². The first-order valence-corrected chi connectivity index (χ1v) is 8.24. The summed E-state index contributed by atoms with van der Waals surface area (Å²) in [6, 6.07) is 14.5. The van der Waals surface area contributed by atoms with E-state index in [1.54, 1.807) is 0 Å².